The first-order chi connectivity index (χ1) is 8.86. The largest absolute Gasteiger partial charge is 0.339 e. The zero-order valence-corrected chi connectivity index (χ0v) is 10.2. The van der Waals surface area contributed by atoms with Crippen molar-refractivity contribution in [2.75, 3.05) is 6.54 Å². The van der Waals surface area contributed by atoms with E-state index in [0.717, 1.165) is 4.88 Å². The van der Waals surface area contributed by atoms with E-state index >= 15 is 0 Å². The number of fused-ring (bicyclic) bond motifs is 1. The van der Waals surface area contributed by atoms with Gasteiger partial charge in [-0.2, -0.15) is 9.89 Å². The molecule has 0 amide bonds. The first-order valence-corrected chi connectivity index (χ1v) is 6.29. The monoisotopic (exact) mass is 259 g/mol. The van der Waals surface area contributed by atoms with Crippen molar-refractivity contribution in [2.24, 2.45) is 5.18 Å². The van der Waals surface area contributed by atoms with Gasteiger partial charge in [0.05, 0.1) is 17.8 Å². The SMILES string of the molecule is O=NCCc1nc(-c2cc3ccccc3s2)no1. The van der Waals surface area contributed by atoms with Crippen LogP contribution in [-0.4, -0.2) is 16.7 Å². The Labute approximate surface area is 106 Å². The van der Waals surface area contributed by atoms with Crippen LogP contribution >= 0.6 is 11.3 Å². The molecule has 0 bridgehead atoms. The highest BCUT2D eigenvalue weighted by atomic mass is 32.1. The maximum Gasteiger partial charge on any atom is 0.228 e. The molecule has 0 unspecified atom stereocenters. The number of rotatable bonds is 4. The van der Waals surface area contributed by atoms with Crippen molar-refractivity contribution in [1.29, 1.82) is 0 Å². The van der Waals surface area contributed by atoms with Gasteiger partial charge < -0.3 is 4.52 Å². The lowest BCUT2D eigenvalue weighted by Gasteiger charge is -1.83. The minimum Gasteiger partial charge on any atom is -0.339 e. The third kappa shape index (κ3) is 2.02. The Kier molecular flexibility index (Phi) is 2.85. The number of nitrogens with zero attached hydrogens (tertiary/aromatic N) is 3. The molecule has 6 heteroatoms. The van der Waals surface area contributed by atoms with E-state index in [-0.39, 0.29) is 6.54 Å². The summed E-state index contributed by atoms with van der Waals surface area (Å²) in [5.41, 5.74) is 0. The maximum absolute atomic E-state index is 10.0. The van der Waals surface area contributed by atoms with Crippen LogP contribution in [-0.2, 0) is 6.42 Å². The van der Waals surface area contributed by atoms with Gasteiger partial charge in [-0.15, -0.1) is 11.3 Å². The molecule has 0 N–H and O–H groups in total. The lowest BCUT2D eigenvalue weighted by molar-refractivity contribution is 0.380. The van der Waals surface area contributed by atoms with Gasteiger partial charge in [-0.25, -0.2) is 0 Å². The lowest BCUT2D eigenvalue weighted by Crippen LogP contribution is -1.88. The third-order valence-corrected chi connectivity index (χ3v) is 3.64. The molecule has 0 aliphatic heterocycles. The molecule has 0 spiro atoms. The lowest BCUT2D eigenvalue weighted by atomic mass is 10.2. The number of thiophene rings is 1. The van der Waals surface area contributed by atoms with Gasteiger partial charge in [0, 0.05) is 4.70 Å². The van der Waals surface area contributed by atoms with Crippen LogP contribution in [0.15, 0.2) is 40.0 Å². The van der Waals surface area contributed by atoms with Gasteiger partial charge in [-0.1, -0.05) is 28.5 Å². The van der Waals surface area contributed by atoms with Crippen molar-refractivity contribution in [2.45, 2.75) is 6.42 Å². The van der Waals surface area contributed by atoms with E-state index in [1.165, 1.54) is 10.1 Å². The Bertz CT molecular complexity index is 656. The van der Waals surface area contributed by atoms with Crippen molar-refractivity contribution in [3.05, 3.63) is 41.1 Å². The maximum atomic E-state index is 10.0. The number of aromatic nitrogens is 2. The number of benzene rings is 1. The van der Waals surface area contributed by atoms with Crippen LogP contribution in [0.4, 0.5) is 0 Å². The summed E-state index contributed by atoms with van der Waals surface area (Å²) in [6.07, 6.45) is 0.390. The molecule has 3 aromatic rings. The van der Waals surface area contributed by atoms with Crippen molar-refractivity contribution in [3.8, 4) is 10.7 Å². The highest BCUT2D eigenvalue weighted by Gasteiger charge is 2.11. The Morgan fingerprint density at radius 3 is 3.06 bits per heavy atom. The van der Waals surface area contributed by atoms with Crippen molar-refractivity contribution in [1.82, 2.24) is 10.1 Å². The van der Waals surface area contributed by atoms with Gasteiger partial charge in [0.25, 0.3) is 0 Å². The zero-order valence-electron chi connectivity index (χ0n) is 9.37. The van der Waals surface area contributed by atoms with Crippen LogP contribution in [0.5, 0.6) is 0 Å². The number of nitroso groups, excluding NO2 is 1. The smallest absolute Gasteiger partial charge is 0.228 e. The molecule has 90 valence electrons. The van der Waals surface area contributed by atoms with Crippen molar-refractivity contribution >= 4 is 21.4 Å². The predicted octanol–water partition coefficient (Wildman–Crippen LogP) is 3.26. The van der Waals surface area contributed by atoms with E-state index in [1.807, 2.05) is 24.3 Å². The average Bonchev–Trinajstić information content (AvgIpc) is 3.02. The minimum atomic E-state index is 0.161. The Balaban J connectivity index is 1.93. The summed E-state index contributed by atoms with van der Waals surface area (Å²) in [5, 5.41) is 7.85. The second kappa shape index (κ2) is 4.66. The van der Waals surface area contributed by atoms with E-state index < -0.39 is 0 Å². The molecule has 0 aliphatic rings. The van der Waals surface area contributed by atoms with Crippen LogP contribution in [0.3, 0.4) is 0 Å². The quantitative estimate of drug-likeness (QED) is 0.674. The summed E-state index contributed by atoms with van der Waals surface area (Å²) in [6.45, 7) is 0.161. The highest BCUT2D eigenvalue weighted by Crippen LogP contribution is 2.31. The third-order valence-electron chi connectivity index (χ3n) is 2.53. The number of hydrogen-bond acceptors (Lipinski definition) is 6. The Morgan fingerprint density at radius 1 is 1.33 bits per heavy atom. The van der Waals surface area contributed by atoms with Crippen molar-refractivity contribution < 1.29 is 4.52 Å². The molecule has 0 radical (unpaired) electrons. The molecule has 1 aromatic carbocycles. The molecule has 0 aliphatic carbocycles. The summed E-state index contributed by atoms with van der Waals surface area (Å²) >= 11 is 1.62. The summed E-state index contributed by atoms with van der Waals surface area (Å²) < 4.78 is 6.25. The standard InChI is InChI=1S/C12H9N3O2S/c16-13-6-5-11-14-12(15-17-11)10-7-8-3-1-2-4-9(8)18-10/h1-4,7H,5-6H2. The average molecular weight is 259 g/mol. The molecule has 5 nitrogen and oxygen atoms in total. The summed E-state index contributed by atoms with van der Waals surface area (Å²) in [7, 11) is 0. The Morgan fingerprint density at radius 2 is 2.22 bits per heavy atom. The Hall–Kier alpha value is -2.08. The summed E-state index contributed by atoms with van der Waals surface area (Å²) in [5.74, 6) is 1.01. The molecule has 2 heterocycles. The second-order valence-corrected chi connectivity index (χ2v) is 4.85. The van der Waals surface area contributed by atoms with Gasteiger partial charge in [0.2, 0.25) is 11.7 Å². The summed E-state index contributed by atoms with van der Waals surface area (Å²) in [4.78, 5) is 15.2. The number of hydrogen-bond donors (Lipinski definition) is 0. The molecule has 18 heavy (non-hydrogen) atoms. The molecule has 0 saturated heterocycles. The van der Waals surface area contributed by atoms with Gasteiger partial charge in [0.15, 0.2) is 0 Å². The normalized spacial score (nSPS) is 10.9. The van der Waals surface area contributed by atoms with Crippen LogP contribution in [0, 0.1) is 4.91 Å². The van der Waals surface area contributed by atoms with Gasteiger partial charge in [-0.05, 0) is 17.5 Å². The van der Waals surface area contributed by atoms with Crippen molar-refractivity contribution in [3.63, 3.8) is 0 Å². The molecular formula is C12H9N3O2S. The minimum absolute atomic E-state index is 0.161. The van der Waals surface area contributed by atoms with Crippen LogP contribution in [0.2, 0.25) is 0 Å². The van der Waals surface area contributed by atoms with Crippen LogP contribution < -0.4 is 0 Å². The fourth-order valence-corrected chi connectivity index (χ4v) is 2.68. The van der Waals surface area contributed by atoms with Gasteiger partial charge >= 0.3 is 0 Å². The summed E-state index contributed by atoms with van der Waals surface area (Å²) in [6, 6.07) is 10.1. The molecule has 0 fully saturated rings. The van der Waals surface area contributed by atoms with E-state index in [2.05, 4.69) is 21.4 Å². The van der Waals surface area contributed by atoms with E-state index in [0.29, 0.717) is 18.1 Å². The first-order valence-electron chi connectivity index (χ1n) is 5.47. The molecule has 3 rings (SSSR count). The molecular weight excluding hydrogens is 250 g/mol. The van der Waals surface area contributed by atoms with Gasteiger partial charge in [0.1, 0.15) is 0 Å². The van der Waals surface area contributed by atoms with E-state index in [9.17, 15) is 4.91 Å². The topological polar surface area (TPSA) is 68.3 Å². The highest BCUT2D eigenvalue weighted by molar-refractivity contribution is 7.22. The van der Waals surface area contributed by atoms with E-state index in [4.69, 9.17) is 4.52 Å². The van der Waals surface area contributed by atoms with Crippen LogP contribution in [0.25, 0.3) is 20.8 Å². The molecule has 0 atom stereocenters. The predicted molar refractivity (Wildman–Crippen MR) is 69.5 cm³/mol. The molecule has 2 aromatic heterocycles. The fourth-order valence-electron chi connectivity index (χ4n) is 1.69. The fraction of sp³-hybridized carbons (Fsp3) is 0.167. The van der Waals surface area contributed by atoms with Crippen LogP contribution in [0.1, 0.15) is 5.89 Å². The zero-order chi connectivity index (χ0) is 12.4. The van der Waals surface area contributed by atoms with Gasteiger partial charge in [-0.3, -0.25) is 0 Å². The second-order valence-electron chi connectivity index (χ2n) is 3.76. The molecule has 0 saturated carbocycles. The first kappa shape index (κ1) is 11.0. The van der Waals surface area contributed by atoms with E-state index in [1.54, 1.807) is 11.3 Å².